The van der Waals surface area contributed by atoms with Gasteiger partial charge in [-0.1, -0.05) is 0 Å². The van der Waals surface area contributed by atoms with Gasteiger partial charge in [0.2, 0.25) is 0 Å². The quantitative estimate of drug-likeness (QED) is 0.712. The predicted molar refractivity (Wildman–Crippen MR) is 63.5 cm³/mol. The Balaban J connectivity index is 2.70. The second-order valence-electron chi connectivity index (χ2n) is 4.49. The lowest BCUT2D eigenvalue weighted by Crippen LogP contribution is -2.11. The van der Waals surface area contributed by atoms with Crippen LogP contribution in [-0.4, -0.2) is 5.11 Å². The minimum Gasteiger partial charge on any atom is -0.508 e. The molecule has 0 fully saturated rings. The van der Waals surface area contributed by atoms with Gasteiger partial charge < -0.3 is 5.11 Å². The summed E-state index contributed by atoms with van der Waals surface area (Å²) in [4.78, 5) is 0. The predicted octanol–water partition coefficient (Wildman–Crippen LogP) is 5.24. The maximum atomic E-state index is 13.2. The normalized spacial score (nSPS) is 12.5. The van der Waals surface area contributed by atoms with Crippen LogP contribution in [0.3, 0.4) is 0 Å². The van der Waals surface area contributed by atoms with Gasteiger partial charge in [0, 0.05) is 6.07 Å². The molecule has 1 nitrogen and oxygen atoms in total. The lowest BCUT2D eigenvalue weighted by Gasteiger charge is -2.14. The summed E-state index contributed by atoms with van der Waals surface area (Å²) in [6.45, 7) is 0. The summed E-state index contributed by atoms with van der Waals surface area (Å²) < 4.78 is 89.5. The second-order valence-corrected chi connectivity index (χ2v) is 4.49. The fraction of sp³-hybridized carbons (Fsp3) is 0.143. The average molecular weight is 324 g/mol. The minimum atomic E-state index is -4.99. The minimum absolute atomic E-state index is 0.0251. The Morgan fingerprint density at radius 2 is 1.09 bits per heavy atom. The van der Waals surface area contributed by atoms with Gasteiger partial charge in [0.25, 0.3) is 0 Å². The highest BCUT2D eigenvalue weighted by Gasteiger charge is 2.37. The average Bonchev–Trinajstić information content (AvgIpc) is 2.35. The van der Waals surface area contributed by atoms with E-state index in [1.54, 1.807) is 0 Å². The first kappa shape index (κ1) is 16.1. The molecule has 0 amide bonds. The summed E-state index contributed by atoms with van der Waals surface area (Å²) >= 11 is 0. The van der Waals surface area contributed by atoms with Crippen molar-refractivity contribution < 1.29 is 35.8 Å². The van der Waals surface area contributed by atoms with Crippen LogP contribution < -0.4 is 0 Å². The molecular formula is C14H7F7O. The van der Waals surface area contributed by atoms with E-state index in [9.17, 15) is 35.8 Å². The van der Waals surface area contributed by atoms with Crippen LogP contribution in [-0.2, 0) is 12.4 Å². The third-order valence-corrected chi connectivity index (χ3v) is 2.80. The van der Waals surface area contributed by atoms with Crippen molar-refractivity contribution in [2.45, 2.75) is 12.4 Å². The molecule has 0 spiro atoms. The summed E-state index contributed by atoms with van der Waals surface area (Å²) in [6.07, 6.45) is -9.99. The van der Waals surface area contributed by atoms with Crippen molar-refractivity contribution in [2.75, 3.05) is 0 Å². The second kappa shape index (κ2) is 5.19. The Hall–Kier alpha value is -2.25. The fourth-order valence-corrected chi connectivity index (χ4v) is 1.86. The van der Waals surface area contributed by atoms with Crippen molar-refractivity contribution in [3.63, 3.8) is 0 Å². The standard InChI is InChI=1S/C14H7F7O/c15-11-3-8(4-12(22)6-11)7-1-9(13(16,17)18)5-10(2-7)14(19,20)21/h1-6,22H. The van der Waals surface area contributed by atoms with Crippen molar-refractivity contribution >= 4 is 0 Å². The lowest BCUT2D eigenvalue weighted by atomic mass is 9.99. The number of phenols is 1. The monoisotopic (exact) mass is 324 g/mol. The largest absolute Gasteiger partial charge is 0.508 e. The van der Waals surface area contributed by atoms with E-state index in [0.29, 0.717) is 18.2 Å². The van der Waals surface area contributed by atoms with E-state index >= 15 is 0 Å². The van der Waals surface area contributed by atoms with E-state index < -0.39 is 40.6 Å². The van der Waals surface area contributed by atoms with Crippen molar-refractivity contribution in [3.05, 3.63) is 53.3 Å². The van der Waals surface area contributed by atoms with Gasteiger partial charge in [-0.25, -0.2) is 4.39 Å². The molecule has 0 aliphatic heterocycles. The van der Waals surface area contributed by atoms with E-state index in [1.165, 1.54) is 0 Å². The maximum Gasteiger partial charge on any atom is 0.416 e. The first-order valence-electron chi connectivity index (χ1n) is 5.76. The number of hydrogen-bond acceptors (Lipinski definition) is 1. The molecule has 0 aromatic heterocycles. The molecule has 118 valence electrons. The molecule has 22 heavy (non-hydrogen) atoms. The van der Waals surface area contributed by atoms with Crippen LogP contribution in [0.4, 0.5) is 30.7 Å². The Morgan fingerprint density at radius 3 is 1.50 bits per heavy atom. The van der Waals surface area contributed by atoms with Crippen LogP contribution in [0.1, 0.15) is 11.1 Å². The molecule has 0 unspecified atom stereocenters. The van der Waals surface area contributed by atoms with E-state index in [0.717, 1.165) is 12.1 Å². The first-order chi connectivity index (χ1) is 9.96. The van der Waals surface area contributed by atoms with Crippen molar-refractivity contribution in [1.29, 1.82) is 0 Å². The van der Waals surface area contributed by atoms with Crippen LogP contribution in [0.5, 0.6) is 5.75 Å². The van der Waals surface area contributed by atoms with Gasteiger partial charge in [0.1, 0.15) is 11.6 Å². The highest BCUT2D eigenvalue weighted by Crippen LogP contribution is 2.39. The summed E-state index contributed by atoms with van der Waals surface area (Å²) in [5.41, 5.74) is -3.83. The Morgan fingerprint density at radius 1 is 0.636 bits per heavy atom. The molecule has 1 N–H and O–H groups in total. The zero-order valence-electron chi connectivity index (χ0n) is 10.6. The third-order valence-electron chi connectivity index (χ3n) is 2.80. The van der Waals surface area contributed by atoms with E-state index in [2.05, 4.69) is 0 Å². The van der Waals surface area contributed by atoms with E-state index in [-0.39, 0.29) is 11.6 Å². The molecule has 0 atom stereocenters. The first-order valence-corrected chi connectivity index (χ1v) is 5.76. The van der Waals surface area contributed by atoms with Gasteiger partial charge >= 0.3 is 12.4 Å². The van der Waals surface area contributed by atoms with Gasteiger partial charge in [-0.15, -0.1) is 0 Å². The molecule has 0 aliphatic carbocycles. The Kier molecular flexibility index (Phi) is 3.80. The van der Waals surface area contributed by atoms with E-state index in [1.807, 2.05) is 0 Å². The molecule has 8 heteroatoms. The number of hydrogen-bond donors (Lipinski definition) is 1. The number of alkyl halides is 6. The number of halogens is 7. The molecule has 0 radical (unpaired) electrons. The lowest BCUT2D eigenvalue weighted by molar-refractivity contribution is -0.143. The van der Waals surface area contributed by atoms with Gasteiger partial charge in [-0.05, 0) is 41.5 Å². The van der Waals surface area contributed by atoms with Gasteiger partial charge in [0.15, 0.2) is 0 Å². The highest BCUT2D eigenvalue weighted by molar-refractivity contribution is 5.67. The number of aromatic hydroxyl groups is 1. The molecule has 0 bridgehead atoms. The van der Waals surface area contributed by atoms with Crippen LogP contribution in [0.15, 0.2) is 36.4 Å². The Labute approximate surface area is 119 Å². The fourth-order valence-electron chi connectivity index (χ4n) is 1.86. The third kappa shape index (κ3) is 3.49. The molecular weight excluding hydrogens is 317 g/mol. The summed E-state index contributed by atoms with van der Waals surface area (Å²) in [6, 6.07) is 3.19. The number of benzene rings is 2. The molecule has 0 saturated heterocycles. The molecule has 0 heterocycles. The van der Waals surface area contributed by atoms with Gasteiger partial charge in [0.05, 0.1) is 11.1 Å². The zero-order valence-corrected chi connectivity index (χ0v) is 10.6. The van der Waals surface area contributed by atoms with Crippen LogP contribution in [0.2, 0.25) is 0 Å². The van der Waals surface area contributed by atoms with Crippen molar-refractivity contribution in [2.24, 2.45) is 0 Å². The highest BCUT2D eigenvalue weighted by atomic mass is 19.4. The van der Waals surface area contributed by atoms with Crippen LogP contribution >= 0.6 is 0 Å². The zero-order chi connectivity index (χ0) is 16.7. The molecule has 2 aromatic carbocycles. The van der Waals surface area contributed by atoms with Crippen molar-refractivity contribution in [1.82, 2.24) is 0 Å². The molecule has 0 aliphatic rings. The number of phenolic OH excluding ortho intramolecular Hbond substituents is 1. The number of rotatable bonds is 1. The van der Waals surface area contributed by atoms with Crippen LogP contribution in [0, 0.1) is 5.82 Å². The maximum absolute atomic E-state index is 13.2. The van der Waals surface area contributed by atoms with E-state index in [4.69, 9.17) is 0 Å². The molecule has 2 aromatic rings. The smallest absolute Gasteiger partial charge is 0.416 e. The van der Waals surface area contributed by atoms with Gasteiger partial charge in [-0.3, -0.25) is 0 Å². The van der Waals surface area contributed by atoms with Gasteiger partial charge in [-0.2, -0.15) is 26.3 Å². The summed E-state index contributed by atoms with van der Waals surface area (Å²) in [7, 11) is 0. The summed E-state index contributed by atoms with van der Waals surface area (Å²) in [5, 5.41) is 9.23. The van der Waals surface area contributed by atoms with Crippen LogP contribution in [0.25, 0.3) is 11.1 Å². The SMILES string of the molecule is Oc1cc(F)cc(-c2cc(C(F)(F)F)cc(C(F)(F)F)c2)c1. The molecule has 2 rings (SSSR count). The van der Waals surface area contributed by atoms with Crippen molar-refractivity contribution in [3.8, 4) is 16.9 Å². The molecule has 0 saturated carbocycles. The Bertz CT molecular complexity index is 649. The summed E-state index contributed by atoms with van der Waals surface area (Å²) in [5.74, 6) is -1.60. The topological polar surface area (TPSA) is 20.2 Å².